The molecule has 0 spiro atoms. The monoisotopic (exact) mass is 302 g/mol. The van der Waals surface area contributed by atoms with Crippen molar-refractivity contribution in [3.63, 3.8) is 0 Å². The summed E-state index contributed by atoms with van der Waals surface area (Å²) in [4.78, 5) is 3.52. The number of hydrogen-bond acceptors (Lipinski definition) is 2. The van der Waals surface area contributed by atoms with Gasteiger partial charge >= 0.3 is 0 Å². The number of nitrogens with one attached hydrogen (secondary N) is 1. The van der Waals surface area contributed by atoms with Gasteiger partial charge in [0, 0.05) is 10.6 Å². The Hall–Kier alpha value is -1.39. The Balaban J connectivity index is 2.27. The summed E-state index contributed by atoms with van der Waals surface area (Å²) in [6.45, 7) is 1.77. The quantitative estimate of drug-likeness (QED) is 0.648. The van der Waals surface area contributed by atoms with Crippen molar-refractivity contribution in [2.24, 2.45) is 0 Å². The van der Waals surface area contributed by atoms with Crippen molar-refractivity contribution in [2.75, 3.05) is 5.32 Å². The molecule has 2 rings (SSSR count). The highest BCUT2D eigenvalue weighted by atomic mass is 35.5. The summed E-state index contributed by atoms with van der Waals surface area (Å²) in [6, 6.07) is 5.06. The minimum Gasteiger partial charge on any atom is -0.377 e. The molecule has 1 N–H and O–H groups in total. The summed E-state index contributed by atoms with van der Waals surface area (Å²) in [6.07, 6.45) is 1.34. The minimum absolute atomic E-state index is 0.0254. The molecule has 2 aromatic rings. The highest BCUT2D eigenvalue weighted by Gasteiger charge is 2.17. The molecule has 0 aliphatic heterocycles. The fourth-order valence-corrected chi connectivity index (χ4v) is 2.42. The summed E-state index contributed by atoms with van der Waals surface area (Å²) in [5, 5.41) is 3.37. The molecule has 100 valence electrons. The number of benzene rings is 1. The van der Waals surface area contributed by atoms with Crippen molar-refractivity contribution >= 4 is 28.9 Å². The number of hydrogen-bond donors (Lipinski definition) is 1. The standard InChI is InChI=1S/C13H10Cl2F2N2/c1-7(19-8-2-5-11(17)18-6-8)12-9(14)3-4-10(16)13(12)15/h2-7,19H,1H3. The number of rotatable bonds is 3. The fourth-order valence-electron chi connectivity index (χ4n) is 1.72. The van der Waals surface area contributed by atoms with Gasteiger partial charge in [0.25, 0.3) is 0 Å². The third-order valence-electron chi connectivity index (χ3n) is 2.62. The van der Waals surface area contributed by atoms with Crippen LogP contribution in [0.2, 0.25) is 10.0 Å². The van der Waals surface area contributed by atoms with E-state index in [0.717, 1.165) is 0 Å². The van der Waals surface area contributed by atoms with E-state index in [4.69, 9.17) is 23.2 Å². The van der Waals surface area contributed by atoms with E-state index in [1.165, 1.54) is 30.5 Å². The van der Waals surface area contributed by atoms with E-state index in [-0.39, 0.29) is 11.1 Å². The van der Waals surface area contributed by atoms with Crippen molar-refractivity contribution in [2.45, 2.75) is 13.0 Å². The van der Waals surface area contributed by atoms with Crippen molar-refractivity contribution in [3.8, 4) is 0 Å². The van der Waals surface area contributed by atoms with Crippen LogP contribution in [0, 0.1) is 11.8 Å². The summed E-state index contributed by atoms with van der Waals surface area (Å²) in [7, 11) is 0. The second kappa shape index (κ2) is 5.72. The average Bonchev–Trinajstić information content (AvgIpc) is 2.37. The fraction of sp³-hybridized carbons (Fsp3) is 0.154. The van der Waals surface area contributed by atoms with Gasteiger partial charge in [0.05, 0.1) is 22.9 Å². The molecular weight excluding hydrogens is 293 g/mol. The number of halogens is 4. The molecule has 0 radical (unpaired) electrons. The maximum absolute atomic E-state index is 13.4. The molecule has 1 aromatic carbocycles. The second-order valence-electron chi connectivity index (χ2n) is 3.99. The lowest BCUT2D eigenvalue weighted by Gasteiger charge is -2.18. The molecule has 1 unspecified atom stereocenters. The lowest BCUT2D eigenvalue weighted by molar-refractivity contribution is 0.584. The third kappa shape index (κ3) is 3.14. The van der Waals surface area contributed by atoms with E-state index in [0.29, 0.717) is 16.3 Å². The molecule has 0 aliphatic carbocycles. The molecule has 0 fully saturated rings. The van der Waals surface area contributed by atoms with Crippen LogP contribution in [0.1, 0.15) is 18.5 Å². The van der Waals surface area contributed by atoms with Gasteiger partial charge in [-0.15, -0.1) is 0 Å². The first-order chi connectivity index (χ1) is 8.99. The molecule has 1 aromatic heterocycles. The lowest BCUT2D eigenvalue weighted by Crippen LogP contribution is -2.09. The molecule has 0 bridgehead atoms. The molecule has 6 heteroatoms. The van der Waals surface area contributed by atoms with Crippen LogP contribution in [0.5, 0.6) is 0 Å². The van der Waals surface area contributed by atoms with Crippen molar-refractivity contribution < 1.29 is 8.78 Å². The van der Waals surface area contributed by atoms with E-state index in [1.54, 1.807) is 6.92 Å². The van der Waals surface area contributed by atoms with Crippen molar-refractivity contribution in [1.29, 1.82) is 0 Å². The van der Waals surface area contributed by atoms with Gasteiger partial charge in [0.15, 0.2) is 0 Å². The van der Waals surface area contributed by atoms with E-state index < -0.39 is 11.8 Å². The molecule has 0 saturated carbocycles. The Morgan fingerprint density at radius 1 is 1.16 bits per heavy atom. The van der Waals surface area contributed by atoms with Gasteiger partial charge in [0.1, 0.15) is 5.82 Å². The molecule has 2 nitrogen and oxygen atoms in total. The Kier molecular flexibility index (Phi) is 4.22. The minimum atomic E-state index is -0.569. The molecule has 1 atom stereocenters. The highest BCUT2D eigenvalue weighted by Crippen LogP contribution is 2.33. The van der Waals surface area contributed by atoms with Crippen LogP contribution in [0.3, 0.4) is 0 Å². The third-order valence-corrected chi connectivity index (χ3v) is 3.34. The number of nitrogens with zero attached hydrogens (tertiary/aromatic N) is 1. The van der Waals surface area contributed by atoms with Crippen molar-refractivity contribution in [3.05, 3.63) is 57.8 Å². The number of pyridine rings is 1. The summed E-state index contributed by atoms with van der Waals surface area (Å²) in [5.41, 5.74) is 1.04. The van der Waals surface area contributed by atoms with Crippen LogP contribution in [0.15, 0.2) is 30.5 Å². The van der Waals surface area contributed by atoms with E-state index in [9.17, 15) is 8.78 Å². The zero-order valence-corrected chi connectivity index (χ0v) is 11.4. The first-order valence-electron chi connectivity index (χ1n) is 5.50. The lowest BCUT2D eigenvalue weighted by atomic mass is 10.1. The predicted octanol–water partition coefficient (Wildman–Crippen LogP) is 4.84. The van der Waals surface area contributed by atoms with Crippen molar-refractivity contribution in [1.82, 2.24) is 4.98 Å². The molecule has 1 heterocycles. The topological polar surface area (TPSA) is 24.9 Å². The Labute approximate surface area is 119 Å². The predicted molar refractivity (Wildman–Crippen MR) is 72.7 cm³/mol. The Morgan fingerprint density at radius 3 is 2.53 bits per heavy atom. The second-order valence-corrected chi connectivity index (χ2v) is 4.78. The smallest absolute Gasteiger partial charge is 0.212 e. The SMILES string of the molecule is CC(Nc1ccc(F)nc1)c1c(Cl)ccc(F)c1Cl. The van der Waals surface area contributed by atoms with Gasteiger partial charge in [-0.05, 0) is 31.2 Å². The van der Waals surface area contributed by atoms with Crippen LogP contribution in [0.25, 0.3) is 0 Å². The maximum atomic E-state index is 13.4. The summed E-state index contributed by atoms with van der Waals surface area (Å²) < 4.78 is 26.1. The average molecular weight is 303 g/mol. The van der Waals surface area contributed by atoms with Gasteiger partial charge in [-0.3, -0.25) is 0 Å². The van der Waals surface area contributed by atoms with Crippen LogP contribution in [-0.2, 0) is 0 Å². The zero-order chi connectivity index (χ0) is 14.0. The van der Waals surface area contributed by atoms with E-state index in [1.807, 2.05) is 0 Å². The number of aromatic nitrogens is 1. The van der Waals surface area contributed by atoms with Gasteiger partial charge in [0.2, 0.25) is 5.95 Å². The summed E-state index contributed by atoms with van der Waals surface area (Å²) in [5.74, 6) is -1.10. The molecular formula is C13H10Cl2F2N2. The largest absolute Gasteiger partial charge is 0.377 e. The Bertz CT molecular complexity index is 588. The number of anilines is 1. The first kappa shape index (κ1) is 14.0. The molecule has 0 saturated heterocycles. The van der Waals surface area contributed by atoms with E-state index in [2.05, 4.69) is 10.3 Å². The Morgan fingerprint density at radius 2 is 1.89 bits per heavy atom. The van der Waals surface area contributed by atoms with Gasteiger partial charge in [-0.25, -0.2) is 9.37 Å². The zero-order valence-electron chi connectivity index (χ0n) is 9.92. The van der Waals surface area contributed by atoms with Crippen LogP contribution in [0.4, 0.5) is 14.5 Å². The summed E-state index contributed by atoms with van der Waals surface area (Å²) >= 11 is 11.9. The van der Waals surface area contributed by atoms with Crippen LogP contribution < -0.4 is 5.32 Å². The van der Waals surface area contributed by atoms with E-state index >= 15 is 0 Å². The maximum Gasteiger partial charge on any atom is 0.212 e. The molecule has 0 aliphatic rings. The van der Waals surface area contributed by atoms with Gasteiger partial charge in [-0.1, -0.05) is 23.2 Å². The molecule has 19 heavy (non-hydrogen) atoms. The van der Waals surface area contributed by atoms with Gasteiger partial charge < -0.3 is 5.32 Å². The first-order valence-corrected chi connectivity index (χ1v) is 6.26. The molecule has 0 amide bonds. The van der Waals surface area contributed by atoms with Crippen LogP contribution in [-0.4, -0.2) is 4.98 Å². The normalized spacial score (nSPS) is 12.3. The van der Waals surface area contributed by atoms with Crippen LogP contribution >= 0.6 is 23.2 Å². The van der Waals surface area contributed by atoms with Gasteiger partial charge in [-0.2, -0.15) is 4.39 Å². The highest BCUT2D eigenvalue weighted by molar-refractivity contribution is 6.36.